The summed E-state index contributed by atoms with van der Waals surface area (Å²) >= 11 is 0. The van der Waals surface area contributed by atoms with Gasteiger partial charge in [-0.05, 0) is 44.9 Å². The summed E-state index contributed by atoms with van der Waals surface area (Å²) in [6, 6.07) is -0.734. The molecule has 1 rings (SSSR count). The molecule has 0 radical (unpaired) electrons. The molecule has 9 heteroatoms. The molecule has 1 fully saturated rings. The number of aliphatic hydroxyl groups is 5. The van der Waals surface area contributed by atoms with Gasteiger partial charge in [0.1, 0.15) is 24.4 Å². The second-order valence-electron chi connectivity index (χ2n) is 17.9. The Kier molecular flexibility index (Phi) is 39.9. The zero-order chi connectivity index (χ0) is 44.4. The van der Waals surface area contributed by atoms with Crippen molar-refractivity contribution < 1.29 is 39.8 Å². The van der Waals surface area contributed by atoms with E-state index in [4.69, 9.17) is 9.47 Å². The van der Waals surface area contributed by atoms with Crippen LogP contribution in [-0.4, -0.2) is 87.5 Å². The van der Waals surface area contributed by atoms with Gasteiger partial charge in [-0.2, -0.15) is 0 Å². The summed E-state index contributed by atoms with van der Waals surface area (Å²) in [5.74, 6) is -0.172. The Morgan fingerprint density at radius 3 is 1.49 bits per heavy atom. The number of ether oxygens (including phenoxy) is 2. The number of carbonyl (C=O) groups is 1. The first-order valence-corrected chi connectivity index (χ1v) is 25.7. The lowest BCUT2D eigenvalue weighted by Gasteiger charge is -2.40. The molecule has 1 amide bonds. The van der Waals surface area contributed by atoms with Gasteiger partial charge in [-0.1, -0.05) is 217 Å². The summed E-state index contributed by atoms with van der Waals surface area (Å²) in [5, 5.41) is 54.4. The van der Waals surface area contributed by atoms with Crippen molar-refractivity contribution in [2.75, 3.05) is 13.2 Å². The van der Waals surface area contributed by atoms with E-state index in [0.29, 0.717) is 12.8 Å². The number of unbranched alkanes of at least 4 members (excludes halogenated alkanes) is 27. The number of nitrogens with one attached hydrogen (secondary N) is 1. The van der Waals surface area contributed by atoms with Crippen LogP contribution >= 0.6 is 0 Å². The van der Waals surface area contributed by atoms with E-state index >= 15 is 0 Å². The number of allylic oxidation sites excluding steroid dienone is 6. The van der Waals surface area contributed by atoms with Gasteiger partial charge in [-0.15, -0.1) is 0 Å². The molecule has 1 saturated heterocycles. The minimum atomic E-state index is -1.56. The smallest absolute Gasteiger partial charge is 0.220 e. The first-order valence-electron chi connectivity index (χ1n) is 25.7. The molecule has 0 bridgehead atoms. The molecule has 0 spiro atoms. The Bertz CT molecular complexity index is 1050. The van der Waals surface area contributed by atoms with Crippen molar-refractivity contribution in [1.29, 1.82) is 0 Å². The lowest BCUT2D eigenvalue weighted by Crippen LogP contribution is -2.60. The Labute approximate surface area is 374 Å². The lowest BCUT2D eigenvalue weighted by atomic mass is 9.99. The van der Waals surface area contributed by atoms with Crippen LogP contribution in [0.2, 0.25) is 0 Å². The van der Waals surface area contributed by atoms with Crippen molar-refractivity contribution in [3.63, 3.8) is 0 Å². The fourth-order valence-electron chi connectivity index (χ4n) is 8.18. The highest BCUT2D eigenvalue weighted by atomic mass is 16.7. The van der Waals surface area contributed by atoms with Gasteiger partial charge in [0.2, 0.25) is 5.91 Å². The van der Waals surface area contributed by atoms with Crippen LogP contribution in [0.3, 0.4) is 0 Å². The van der Waals surface area contributed by atoms with Gasteiger partial charge in [-0.25, -0.2) is 0 Å². The van der Waals surface area contributed by atoms with E-state index in [-0.39, 0.29) is 12.5 Å². The monoisotopic (exact) mass is 864 g/mol. The SMILES string of the molecule is CC/C=C\C/C=C\C/C=C\CCCCCC(=O)NC(COC1OC(CO)C(O)C(O)C1O)C(O)CCCCCCCCCCCCCCCCCCCCCCCCCCC. The van der Waals surface area contributed by atoms with Crippen LogP contribution in [0.5, 0.6) is 0 Å². The number of hydrogen-bond acceptors (Lipinski definition) is 8. The van der Waals surface area contributed by atoms with Gasteiger partial charge in [0.05, 0.1) is 25.4 Å². The average molecular weight is 864 g/mol. The third kappa shape index (κ3) is 32.7. The molecule has 7 atom stereocenters. The molecule has 1 aliphatic rings. The van der Waals surface area contributed by atoms with E-state index in [1.165, 1.54) is 141 Å². The van der Waals surface area contributed by atoms with Crippen molar-refractivity contribution in [1.82, 2.24) is 5.32 Å². The fourth-order valence-corrected chi connectivity index (χ4v) is 8.18. The quantitative estimate of drug-likeness (QED) is 0.0262. The minimum Gasteiger partial charge on any atom is -0.394 e. The number of amides is 1. The summed E-state index contributed by atoms with van der Waals surface area (Å²) in [5.41, 5.74) is 0. The predicted molar refractivity (Wildman–Crippen MR) is 253 cm³/mol. The molecule has 0 aromatic rings. The number of hydrogen-bond donors (Lipinski definition) is 6. The molecule has 0 aliphatic carbocycles. The third-order valence-electron chi connectivity index (χ3n) is 12.3. The summed E-state index contributed by atoms with van der Waals surface area (Å²) in [4.78, 5) is 13.0. The van der Waals surface area contributed by atoms with Gasteiger partial charge >= 0.3 is 0 Å². The van der Waals surface area contributed by atoms with Gasteiger partial charge in [0, 0.05) is 6.42 Å². The molecule has 1 aliphatic heterocycles. The fraction of sp³-hybridized carbons (Fsp3) is 0.865. The largest absolute Gasteiger partial charge is 0.394 e. The first-order chi connectivity index (χ1) is 29.8. The first kappa shape index (κ1) is 57.4. The van der Waals surface area contributed by atoms with Crippen molar-refractivity contribution in [3.05, 3.63) is 36.5 Å². The Hall–Kier alpha value is -1.59. The van der Waals surface area contributed by atoms with Crippen LogP contribution < -0.4 is 5.32 Å². The molecule has 0 aromatic heterocycles. The highest BCUT2D eigenvalue weighted by molar-refractivity contribution is 5.76. The Morgan fingerprint density at radius 1 is 0.574 bits per heavy atom. The zero-order valence-electron chi connectivity index (χ0n) is 39.4. The van der Waals surface area contributed by atoms with E-state index < -0.39 is 49.5 Å². The lowest BCUT2D eigenvalue weighted by molar-refractivity contribution is -0.302. The molecule has 9 nitrogen and oxygen atoms in total. The maximum Gasteiger partial charge on any atom is 0.220 e. The van der Waals surface area contributed by atoms with E-state index in [9.17, 15) is 30.3 Å². The van der Waals surface area contributed by atoms with Crippen molar-refractivity contribution in [2.45, 2.75) is 275 Å². The Balaban J connectivity index is 2.22. The number of carbonyl (C=O) groups excluding carboxylic acids is 1. The molecule has 358 valence electrons. The number of aliphatic hydroxyl groups excluding tert-OH is 5. The molecular weight excluding hydrogens is 767 g/mol. The molecule has 6 N–H and O–H groups in total. The van der Waals surface area contributed by atoms with Crippen molar-refractivity contribution >= 4 is 5.91 Å². The van der Waals surface area contributed by atoms with Crippen LogP contribution in [0, 0.1) is 0 Å². The van der Waals surface area contributed by atoms with E-state index in [1.807, 2.05) is 0 Å². The topological polar surface area (TPSA) is 149 Å². The van der Waals surface area contributed by atoms with Gasteiger partial charge in [0.15, 0.2) is 6.29 Å². The van der Waals surface area contributed by atoms with Gasteiger partial charge in [-0.3, -0.25) is 4.79 Å². The maximum atomic E-state index is 13.0. The number of rotatable bonds is 43. The summed E-state index contributed by atoms with van der Waals surface area (Å²) in [6.07, 6.45) is 46.0. The van der Waals surface area contributed by atoms with Crippen LogP contribution in [0.4, 0.5) is 0 Å². The van der Waals surface area contributed by atoms with Crippen LogP contribution in [0.15, 0.2) is 36.5 Å². The average Bonchev–Trinajstić information content (AvgIpc) is 3.26. The van der Waals surface area contributed by atoms with Crippen LogP contribution in [0.1, 0.15) is 232 Å². The molecular formula is C52H97NO8. The predicted octanol–water partition coefficient (Wildman–Crippen LogP) is 11.6. The molecule has 0 aromatic carbocycles. The van der Waals surface area contributed by atoms with Crippen molar-refractivity contribution in [2.24, 2.45) is 0 Å². The van der Waals surface area contributed by atoms with E-state index in [0.717, 1.165) is 64.2 Å². The second-order valence-corrected chi connectivity index (χ2v) is 17.9. The highest BCUT2D eigenvalue weighted by Gasteiger charge is 2.44. The zero-order valence-corrected chi connectivity index (χ0v) is 39.4. The van der Waals surface area contributed by atoms with Gasteiger partial charge in [0.25, 0.3) is 0 Å². The third-order valence-corrected chi connectivity index (χ3v) is 12.3. The van der Waals surface area contributed by atoms with Crippen molar-refractivity contribution in [3.8, 4) is 0 Å². The molecule has 7 unspecified atom stereocenters. The minimum absolute atomic E-state index is 0.150. The molecule has 0 saturated carbocycles. The normalized spacial score (nSPS) is 20.7. The highest BCUT2D eigenvalue weighted by Crippen LogP contribution is 2.23. The van der Waals surface area contributed by atoms with E-state index in [1.54, 1.807) is 0 Å². The molecule has 1 heterocycles. The van der Waals surface area contributed by atoms with Crippen LogP contribution in [0.25, 0.3) is 0 Å². The van der Waals surface area contributed by atoms with Gasteiger partial charge < -0.3 is 40.3 Å². The molecule has 61 heavy (non-hydrogen) atoms. The Morgan fingerprint density at radius 2 is 1.02 bits per heavy atom. The second kappa shape index (κ2) is 42.4. The van der Waals surface area contributed by atoms with E-state index in [2.05, 4.69) is 55.6 Å². The standard InChI is InChI=1S/C52H97NO8/c1-3-5-7-9-11-13-15-17-18-19-20-21-22-23-24-25-26-27-28-30-31-33-35-37-39-41-46(55)45(44-60-52-51(59)50(58)49(57)47(43-54)61-52)53-48(56)42-40-38-36-34-32-29-16-14-12-10-8-6-4-2/h6,8,12,14,29,32,45-47,49-52,54-55,57-59H,3-5,7,9-11,13,15-28,30-31,33-44H2,1-2H3,(H,53,56)/b8-6-,14-12-,32-29-. The summed E-state index contributed by atoms with van der Waals surface area (Å²) < 4.78 is 11.3. The maximum absolute atomic E-state index is 13.0. The summed E-state index contributed by atoms with van der Waals surface area (Å²) in [7, 11) is 0. The van der Waals surface area contributed by atoms with Crippen LogP contribution in [-0.2, 0) is 14.3 Å². The summed E-state index contributed by atoms with van der Waals surface area (Å²) in [6.45, 7) is 3.71.